The van der Waals surface area contributed by atoms with E-state index in [-0.39, 0.29) is 6.03 Å². The van der Waals surface area contributed by atoms with E-state index in [1.807, 2.05) is 30.3 Å². The summed E-state index contributed by atoms with van der Waals surface area (Å²) in [7, 11) is 0. The number of hydrogen-bond donors (Lipinski definition) is 2. The molecule has 0 aliphatic rings. The van der Waals surface area contributed by atoms with Crippen LogP contribution in [0, 0.1) is 6.92 Å². The number of para-hydroxylation sites is 2. The van der Waals surface area contributed by atoms with Crippen LogP contribution in [0.3, 0.4) is 0 Å². The van der Waals surface area contributed by atoms with Gasteiger partial charge in [0.25, 0.3) is 0 Å². The van der Waals surface area contributed by atoms with Gasteiger partial charge in [0.15, 0.2) is 0 Å². The summed E-state index contributed by atoms with van der Waals surface area (Å²) in [5.41, 5.74) is 4.15. The van der Waals surface area contributed by atoms with Crippen molar-refractivity contribution in [3.8, 4) is 17.0 Å². The van der Waals surface area contributed by atoms with E-state index in [9.17, 15) is 4.79 Å². The second-order valence-electron chi connectivity index (χ2n) is 8.50. The average molecular weight is 449 g/mol. The normalized spacial score (nSPS) is 10.9. The Kier molecular flexibility index (Phi) is 8.93. The van der Waals surface area contributed by atoms with Gasteiger partial charge in [-0.05, 0) is 37.8 Å². The number of aromatic nitrogens is 2. The Morgan fingerprint density at radius 1 is 1.06 bits per heavy atom. The molecule has 0 saturated heterocycles. The Hall–Kier alpha value is -3.28. The van der Waals surface area contributed by atoms with Crippen LogP contribution in [0.5, 0.6) is 5.75 Å². The maximum atomic E-state index is 12.1. The van der Waals surface area contributed by atoms with Crippen molar-refractivity contribution in [2.75, 3.05) is 18.5 Å². The van der Waals surface area contributed by atoms with E-state index in [4.69, 9.17) is 9.72 Å². The van der Waals surface area contributed by atoms with Gasteiger partial charge in [-0.1, -0.05) is 69.7 Å². The van der Waals surface area contributed by atoms with E-state index in [1.54, 1.807) is 0 Å². The molecule has 2 amide bonds. The molecule has 2 N–H and O–H groups in total. The molecular formula is C27H36N4O2. The quantitative estimate of drug-likeness (QED) is 0.335. The minimum Gasteiger partial charge on any atom is -0.491 e. The monoisotopic (exact) mass is 448 g/mol. The summed E-state index contributed by atoms with van der Waals surface area (Å²) in [6.45, 7) is 10.6. The van der Waals surface area contributed by atoms with Gasteiger partial charge in [0.2, 0.25) is 0 Å². The third-order valence-electron chi connectivity index (χ3n) is 5.53. The third-order valence-corrected chi connectivity index (χ3v) is 5.53. The average Bonchev–Trinajstić information content (AvgIpc) is 3.15. The van der Waals surface area contributed by atoms with Crippen molar-refractivity contribution >= 4 is 11.7 Å². The van der Waals surface area contributed by atoms with E-state index < -0.39 is 0 Å². The number of urea groups is 1. The highest BCUT2D eigenvalue weighted by atomic mass is 16.5. The highest BCUT2D eigenvalue weighted by Gasteiger charge is 2.18. The van der Waals surface area contributed by atoms with E-state index in [0.717, 1.165) is 42.9 Å². The number of anilines is 1. The maximum absolute atomic E-state index is 12.1. The summed E-state index contributed by atoms with van der Waals surface area (Å²) in [5, 5.41) is 5.76. The number of hydrogen-bond acceptors (Lipinski definition) is 3. The van der Waals surface area contributed by atoms with Crippen molar-refractivity contribution in [2.24, 2.45) is 0 Å². The lowest BCUT2D eigenvalue weighted by molar-refractivity contribution is 0.251. The van der Waals surface area contributed by atoms with Crippen molar-refractivity contribution < 1.29 is 9.53 Å². The molecule has 176 valence electrons. The van der Waals surface area contributed by atoms with Gasteiger partial charge in [-0.3, -0.25) is 0 Å². The molecule has 0 aliphatic carbocycles. The van der Waals surface area contributed by atoms with Gasteiger partial charge in [-0.15, -0.1) is 0 Å². The maximum Gasteiger partial charge on any atom is 0.319 e. The zero-order chi connectivity index (χ0) is 23.6. The number of nitrogens with zero attached hydrogens (tertiary/aromatic N) is 2. The van der Waals surface area contributed by atoms with Crippen LogP contribution in [-0.2, 0) is 6.54 Å². The lowest BCUT2D eigenvalue weighted by Crippen LogP contribution is -2.29. The molecule has 0 unspecified atom stereocenters. The van der Waals surface area contributed by atoms with Gasteiger partial charge in [0, 0.05) is 24.3 Å². The van der Waals surface area contributed by atoms with Gasteiger partial charge >= 0.3 is 6.03 Å². The molecule has 6 nitrogen and oxygen atoms in total. The van der Waals surface area contributed by atoms with Crippen LogP contribution >= 0.6 is 0 Å². The molecule has 6 heteroatoms. The lowest BCUT2D eigenvalue weighted by Gasteiger charge is -2.16. The molecule has 33 heavy (non-hydrogen) atoms. The number of unbranched alkanes of at least 4 members (excludes halogenated alkanes) is 1. The van der Waals surface area contributed by atoms with Gasteiger partial charge in [-0.2, -0.15) is 0 Å². The number of benzene rings is 2. The Balaban J connectivity index is 1.62. The number of imidazole rings is 1. The predicted molar refractivity (Wildman–Crippen MR) is 135 cm³/mol. The molecule has 1 heterocycles. The van der Waals surface area contributed by atoms with Crippen LogP contribution in [0.25, 0.3) is 11.3 Å². The second-order valence-corrected chi connectivity index (χ2v) is 8.50. The SMILES string of the molecule is CCCCNC(=O)Nc1ccccc1OCCCn1c(C)nc(-c2ccccc2)c1C(C)C. The Bertz CT molecular complexity index is 1030. The number of nitrogens with one attached hydrogen (secondary N) is 2. The molecule has 0 saturated carbocycles. The fourth-order valence-electron chi connectivity index (χ4n) is 3.90. The second kappa shape index (κ2) is 12.1. The summed E-state index contributed by atoms with van der Waals surface area (Å²) in [4.78, 5) is 17.0. The summed E-state index contributed by atoms with van der Waals surface area (Å²) >= 11 is 0. The van der Waals surface area contributed by atoms with Gasteiger partial charge in [-0.25, -0.2) is 9.78 Å². The first-order chi connectivity index (χ1) is 16.0. The minimum atomic E-state index is -0.205. The highest BCUT2D eigenvalue weighted by Crippen LogP contribution is 2.30. The number of amides is 2. The highest BCUT2D eigenvalue weighted by molar-refractivity contribution is 5.90. The van der Waals surface area contributed by atoms with E-state index >= 15 is 0 Å². The molecule has 0 atom stereocenters. The molecule has 3 aromatic rings. The first-order valence-corrected chi connectivity index (χ1v) is 11.9. The smallest absolute Gasteiger partial charge is 0.319 e. The first kappa shape index (κ1) is 24.4. The standard InChI is InChI=1S/C27H36N4O2/c1-5-6-17-28-27(32)30-23-15-10-11-16-24(23)33-19-12-18-31-21(4)29-25(26(31)20(2)3)22-13-8-7-9-14-22/h7-11,13-16,20H,5-6,12,17-19H2,1-4H3,(H2,28,30,32). The van der Waals surface area contributed by atoms with E-state index in [0.29, 0.717) is 30.5 Å². The Labute approximate surface area is 197 Å². The number of carbonyl (C=O) groups excluding carboxylic acids is 1. The van der Waals surface area contributed by atoms with Gasteiger partial charge < -0.3 is 19.9 Å². The zero-order valence-electron chi connectivity index (χ0n) is 20.2. The van der Waals surface area contributed by atoms with Crippen molar-refractivity contribution in [3.05, 3.63) is 66.1 Å². The fraction of sp³-hybridized carbons (Fsp3) is 0.407. The first-order valence-electron chi connectivity index (χ1n) is 11.9. The fourth-order valence-corrected chi connectivity index (χ4v) is 3.90. The van der Waals surface area contributed by atoms with Crippen LogP contribution in [-0.4, -0.2) is 28.7 Å². The largest absolute Gasteiger partial charge is 0.491 e. The Morgan fingerprint density at radius 3 is 2.52 bits per heavy atom. The summed E-state index contributed by atoms with van der Waals surface area (Å²) in [6.07, 6.45) is 2.84. The summed E-state index contributed by atoms with van der Waals surface area (Å²) in [6, 6.07) is 17.7. The van der Waals surface area contributed by atoms with Crippen molar-refractivity contribution in [2.45, 2.75) is 59.4 Å². The zero-order valence-corrected chi connectivity index (χ0v) is 20.2. The molecule has 0 bridgehead atoms. The van der Waals surface area contributed by atoms with Crippen molar-refractivity contribution in [1.82, 2.24) is 14.9 Å². The molecule has 0 aliphatic heterocycles. The topological polar surface area (TPSA) is 68.2 Å². The lowest BCUT2D eigenvalue weighted by atomic mass is 10.0. The van der Waals surface area contributed by atoms with E-state index in [1.165, 1.54) is 5.69 Å². The molecule has 2 aromatic carbocycles. The molecule has 3 rings (SSSR count). The van der Waals surface area contributed by atoms with Crippen molar-refractivity contribution in [1.29, 1.82) is 0 Å². The van der Waals surface area contributed by atoms with Gasteiger partial charge in [0.05, 0.1) is 18.0 Å². The number of ether oxygens (including phenoxy) is 1. The summed E-state index contributed by atoms with van der Waals surface area (Å²) in [5.74, 6) is 2.06. The third kappa shape index (κ3) is 6.60. The van der Waals surface area contributed by atoms with Crippen LogP contribution in [0.2, 0.25) is 0 Å². The molecule has 0 radical (unpaired) electrons. The molecular weight excluding hydrogens is 412 g/mol. The number of carbonyl (C=O) groups is 1. The predicted octanol–water partition coefficient (Wildman–Crippen LogP) is 6.37. The van der Waals surface area contributed by atoms with Gasteiger partial charge in [0.1, 0.15) is 11.6 Å². The van der Waals surface area contributed by atoms with E-state index in [2.05, 4.69) is 67.2 Å². The minimum absolute atomic E-state index is 0.205. The van der Waals surface area contributed by atoms with Crippen molar-refractivity contribution in [3.63, 3.8) is 0 Å². The Morgan fingerprint density at radius 2 is 1.79 bits per heavy atom. The number of aryl methyl sites for hydroxylation is 1. The van der Waals surface area contributed by atoms with Crippen LogP contribution in [0.15, 0.2) is 54.6 Å². The number of rotatable bonds is 11. The summed E-state index contributed by atoms with van der Waals surface area (Å²) < 4.78 is 8.35. The van der Waals surface area contributed by atoms with Crippen LogP contribution in [0.1, 0.15) is 57.5 Å². The molecule has 0 spiro atoms. The molecule has 1 aromatic heterocycles. The molecule has 0 fully saturated rings. The van der Waals surface area contributed by atoms with Crippen LogP contribution in [0.4, 0.5) is 10.5 Å². The van der Waals surface area contributed by atoms with Crippen LogP contribution < -0.4 is 15.4 Å².